The largest absolute Gasteiger partial charge is 0.493 e. The molecule has 1 aromatic carbocycles. The first-order valence-corrected chi connectivity index (χ1v) is 13.0. The lowest BCUT2D eigenvalue weighted by atomic mass is 10.0. The summed E-state index contributed by atoms with van der Waals surface area (Å²) in [4.78, 5) is 9.36. The van der Waals surface area contributed by atoms with Gasteiger partial charge in [-0.05, 0) is 56.6 Å². The van der Waals surface area contributed by atoms with Crippen molar-refractivity contribution in [2.75, 3.05) is 59.5 Å². The van der Waals surface area contributed by atoms with Gasteiger partial charge in [-0.2, -0.15) is 5.10 Å². The molecule has 0 radical (unpaired) electrons. The van der Waals surface area contributed by atoms with Crippen LogP contribution in [0.3, 0.4) is 0 Å². The maximum Gasteiger partial charge on any atom is 0.203 e. The molecule has 3 heterocycles. The molecule has 1 aliphatic heterocycles. The van der Waals surface area contributed by atoms with E-state index in [1.807, 2.05) is 35.2 Å². The Labute approximate surface area is 216 Å². The molecule has 1 aliphatic rings. The first-order valence-electron chi connectivity index (χ1n) is 13.0. The van der Waals surface area contributed by atoms with E-state index in [0.29, 0.717) is 17.2 Å². The summed E-state index contributed by atoms with van der Waals surface area (Å²) in [5, 5.41) is 4.48. The van der Waals surface area contributed by atoms with Gasteiger partial charge in [0.1, 0.15) is 0 Å². The average molecular weight is 498 g/mol. The van der Waals surface area contributed by atoms with Crippen LogP contribution in [0, 0.1) is 5.92 Å². The van der Waals surface area contributed by atoms with Gasteiger partial charge in [-0.25, -0.2) is 9.50 Å². The number of nitrogens with zero attached hydrogens (tertiary/aromatic N) is 5. The van der Waals surface area contributed by atoms with E-state index < -0.39 is 0 Å². The van der Waals surface area contributed by atoms with Gasteiger partial charge in [0.05, 0.1) is 45.6 Å². The van der Waals surface area contributed by atoms with Crippen molar-refractivity contribution in [3.8, 4) is 28.4 Å². The van der Waals surface area contributed by atoms with Crippen molar-refractivity contribution in [2.45, 2.75) is 46.5 Å². The number of hydrogen-bond donors (Lipinski definition) is 0. The highest BCUT2D eigenvalue weighted by Crippen LogP contribution is 2.41. The van der Waals surface area contributed by atoms with E-state index >= 15 is 0 Å². The Hall–Kier alpha value is -3.00. The number of fused-ring (bicyclic) bond motifs is 1. The van der Waals surface area contributed by atoms with Crippen LogP contribution < -0.4 is 19.1 Å². The molecule has 0 unspecified atom stereocenters. The predicted octanol–water partition coefficient (Wildman–Crippen LogP) is 5.40. The van der Waals surface area contributed by atoms with E-state index in [1.54, 1.807) is 21.3 Å². The monoisotopic (exact) mass is 497 g/mol. The maximum absolute atomic E-state index is 5.45. The normalized spacial score (nSPS) is 13.4. The smallest absolute Gasteiger partial charge is 0.203 e. The Morgan fingerprint density at radius 2 is 1.64 bits per heavy atom. The van der Waals surface area contributed by atoms with Gasteiger partial charge in [-0.3, -0.25) is 0 Å². The zero-order valence-electron chi connectivity index (χ0n) is 23.1. The van der Waals surface area contributed by atoms with Crippen LogP contribution in [-0.2, 0) is 0 Å². The van der Waals surface area contributed by atoms with Gasteiger partial charge in [0.25, 0.3) is 0 Å². The third-order valence-corrected chi connectivity index (χ3v) is 6.50. The van der Waals surface area contributed by atoms with Crippen molar-refractivity contribution >= 4 is 11.3 Å². The second-order valence-electron chi connectivity index (χ2n) is 9.57. The summed E-state index contributed by atoms with van der Waals surface area (Å²) in [5.74, 6) is 2.51. The number of aromatic nitrogens is 3. The molecule has 198 valence electrons. The molecule has 1 saturated heterocycles. The van der Waals surface area contributed by atoms with Gasteiger partial charge in [-0.1, -0.05) is 33.6 Å². The van der Waals surface area contributed by atoms with Crippen LogP contribution in [0.1, 0.15) is 46.5 Å². The lowest BCUT2D eigenvalue weighted by Crippen LogP contribution is -2.45. The Morgan fingerprint density at radius 3 is 2.19 bits per heavy atom. The summed E-state index contributed by atoms with van der Waals surface area (Å²) in [7, 11) is 7.01. The van der Waals surface area contributed by atoms with Crippen LogP contribution in [-0.4, -0.2) is 74.1 Å². The fraction of sp³-hybridized carbons (Fsp3) is 0.571. The number of anilines is 1. The zero-order chi connectivity index (χ0) is 26.1. The van der Waals surface area contributed by atoms with Gasteiger partial charge < -0.3 is 24.0 Å². The molecule has 4 rings (SSSR count). The third-order valence-electron chi connectivity index (χ3n) is 6.50. The van der Waals surface area contributed by atoms with Crippen LogP contribution in [0.5, 0.6) is 17.2 Å². The number of unbranched alkanes of at least 4 members (excludes halogenated alkanes) is 2. The van der Waals surface area contributed by atoms with Crippen LogP contribution in [0.15, 0.2) is 30.7 Å². The second kappa shape index (κ2) is 13.3. The Bertz CT molecular complexity index is 1070. The van der Waals surface area contributed by atoms with E-state index in [4.69, 9.17) is 14.2 Å². The molecule has 0 spiro atoms. The molecule has 3 aromatic rings. The van der Waals surface area contributed by atoms with Crippen molar-refractivity contribution in [3.63, 3.8) is 0 Å². The van der Waals surface area contributed by atoms with E-state index in [1.165, 1.54) is 38.8 Å². The Balaban J connectivity index is 0.000000308. The molecule has 0 bridgehead atoms. The zero-order valence-corrected chi connectivity index (χ0v) is 23.1. The predicted molar refractivity (Wildman–Crippen MR) is 147 cm³/mol. The van der Waals surface area contributed by atoms with Gasteiger partial charge in [0.2, 0.25) is 5.75 Å². The molecule has 1 fully saturated rings. The maximum atomic E-state index is 5.45. The van der Waals surface area contributed by atoms with E-state index in [-0.39, 0.29) is 0 Å². The first-order chi connectivity index (χ1) is 17.4. The van der Waals surface area contributed by atoms with Gasteiger partial charge in [0.15, 0.2) is 17.1 Å². The minimum atomic E-state index is 0.567. The SMILES string of the molecule is CCCCCN(C)CCC.COc1cc(-c2cnn3cc(N4CC(C)C4)cnc23)cc(OC)c1OC. The number of hydrogen-bond acceptors (Lipinski definition) is 7. The first kappa shape index (κ1) is 27.6. The third kappa shape index (κ3) is 6.60. The van der Waals surface area contributed by atoms with E-state index in [9.17, 15) is 0 Å². The van der Waals surface area contributed by atoms with Crippen LogP contribution >= 0.6 is 0 Å². The molecule has 0 saturated carbocycles. The molecule has 0 amide bonds. The quantitative estimate of drug-likeness (QED) is 0.329. The average Bonchev–Trinajstić information content (AvgIpc) is 3.30. The molecular formula is C28H43N5O3. The molecule has 8 heteroatoms. The van der Waals surface area contributed by atoms with Gasteiger partial charge in [0, 0.05) is 18.7 Å². The van der Waals surface area contributed by atoms with Crippen molar-refractivity contribution in [2.24, 2.45) is 5.92 Å². The molecule has 0 aliphatic carbocycles. The molecule has 8 nitrogen and oxygen atoms in total. The van der Waals surface area contributed by atoms with E-state index in [2.05, 4.69) is 47.7 Å². The summed E-state index contributed by atoms with van der Waals surface area (Å²) < 4.78 is 18.1. The van der Waals surface area contributed by atoms with Crippen molar-refractivity contribution in [1.29, 1.82) is 0 Å². The minimum Gasteiger partial charge on any atom is -0.493 e. The molecule has 2 aromatic heterocycles. The molecule has 0 N–H and O–H groups in total. The second-order valence-corrected chi connectivity index (χ2v) is 9.57. The highest BCUT2D eigenvalue weighted by molar-refractivity contribution is 5.80. The number of rotatable bonds is 11. The number of ether oxygens (including phenoxy) is 3. The highest BCUT2D eigenvalue weighted by Gasteiger charge is 2.24. The summed E-state index contributed by atoms with van der Waals surface area (Å²) in [5.41, 5.74) is 3.70. The minimum absolute atomic E-state index is 0.567. The summed E-state index contributed by atoms with van der Waals surface area (Å²) in [6.07, 6.45) is 11.1. The molecule has 0 atom stereocenters. The van der Waals surface area contributed by atoms with Crippen molar-refractivity contribution in [3.05, 3.63) is 30.7 Å². The molecular weight excluding hydrogens is 454 g/mol. The summed E-state index contributed by atoms with van der Waals surface area (Å²) in [6.45, 7) is 11.4. The number of benzene rings is 1. The molecule has 36 heavy (non-hydrogen) atoms. The van der Waals surface area contributed by atoms with Crippen molar-refractivity contribution < 1.29 is 14.2 Å². The van der Waals surface area contributed by atoms with Crippen LogP contribution in [0.4, 0.5) is 5.69 Å². The van der Waals surface area contributed by atoms with Crippen molar-refractivity contribution in [1.82, 2.24) is 19.5 Å². The number of methoxy groups -OCH3 is 3. The lowest BCUT2D eigenvalue weighted by molar-refractivity contribution is 0.324. The summed E-state index contributed by atoms with van der Waals surface area (Å²) >= 11 is 0. The topological polar surface area (TPSA) is 64.4 Å². The van der Waals surface area contributed by atoms with Crippen LogP contribution in [0.25, 0.3) is 16.8 Å². The fourth-order valence-electron chi connectivity index (χ4n) is 4.50. The summed E-state index contributed by atoms with van der Waals surface area (Å²) in [6, 6.07) is 3.82. The van der Waals surface area contributed by atoms with Gasteiger partial charge in [-0.15, -0.1) is 0 Å². The van der Waals surface area contributed by atoms with Crippen LogP contribution in [0.2, 0.25) is 0 Å². The highest BCUT2D eigenvalue weighted by atomic mass is 16.5. The van der Waals surface area contributed by atoms with E-state index in [0.717, 1.165) is 41.5 Å². The fourth-order valence-corrected chi connectivity index (χ4v) is 4.50. The Kier molecular flexibility index (Phi) is 10.2. The van der Waals surface area contributed by atoms with Gasteiger partial charge >= 0.3 is 0 Å². The lowest BCUT2D eigenvalue weighted by Gasteiger charge is -2.38. The standard InChI is InChI=1S/C19H22N4O3.C9H21N/c1-12-9-22(10-12)14-7-20-19-15(8-21-23(19)11-14)13-5-16(24-2)18(26-4)17(6-13)25-3;1-4-6-7-9-10(3)8-5-2/h5-8,11-12H,9-10H2,1-4H3;4-9H2,1-3H3. The Morgan fingerprint density at radius 1 is 0.944 bits per heavy atom.